The van der Waals surface area contributed by atoms with Crippen LogP contribution in [0.5, 0.6) is 5.88 Å². The molecule has 1 aromatic heterocycles. The second-order valence-corrected chi connectivity index (χ2v) is 9.17. The maximum atomic E-state index is 14.4. The molecule has 2 aromatic rings. The van der Waals surface area contributed by atoms with E-state index in [1.807, 2.05) is 6.92 Å². The van der Waals surface area contributed by atoms with Crippen LogP contribution in [0.25, 0.3) is 11.1 Å². The number of amides is 2. The van der Waals surface area contributed by atoms with Crippen molar-refractivity contribution in [2.24, 2.45) is 11.8 Å². The van der Waals surface area contributed by atoms with Crippen LogP contribution in [0, 0.1) is 17.7 Å². The van der Waals surface area contributed by atoms with E-state index < -0.39 is 18.0 Å². The van der Waals surface area contributed by atoms with Gasteiger partial charge in [-0.25, -0.2) is 9.37 Å². The van der Waals surface area contributed by atoms with Crippen molar-refractivity contribution in [3.8, 4) is 17.0 Å². The molecule has 2 amide bonds. The second-order valence-electron chi connectivity index (χ2n) is 9.17. The molecule has 1 fully saturated rings. The lowest BCUT2D eigenvalue weighted by Crippen LogP contribution is -2.50. The van der Waals surface area contributed by atoms with E-state index in [1.165, 1.54) is 12.3 Å². The first-order valence-electron chi connectivity index (χ1n) is 11.4. The highest BCUT2D eigenvalue weighted by atomic mass is 19.1. The number of aromatic nitrogens is 1. The zero-order valence-electron chi connectivity index (χ0n) is 19.2. The highest BCUT2D eigenvalue weighted by Gasteiger charge is 2.37. The van der Waals surface area contributed by atoms with E-state index in [0.29, 0.717) is 24.2 Å². The number of likely N-dealkylation sites (N-methyl/N-ethyl adjacent to an activating group) is 1. The molecule has 1 N–H and O–H groups in total. The summed E-state index contributed by atoms with van der Waals surface area (Å²) in [5, 5.41) is 9.78. The molecule has 2 aliphatic rings. The molecule has 4 rings (SSSR count). The van der Waals surface area contributed by atoms with Crippen LogP contribution < -0.4 is 4.74 Å². The molecular weight excluding hydrogens is 425 g/mol. The van der Waals surface area contributed by atoms with Crippen molar-refractivity contribution in [3.63, 3.8) is 0 Å². The van der Waals surface area contributed by atoms with Crippen LogP contribution in [-0.2, 0) is 4.79 Å². The molecule has 1 aliphatic carbocycles. The summed E-state index contributed by atoms with van der Waals surface area (Å²) >= 11 is 0. The molecule has 2 heterocycles. The number of rotatable bonds is 6. The van der Waals surface area contributed by atoms with Gasteiger partial charge in [-0.1, -0.05) is 25.1 Å². The topological polar surface area (TPSA) is 83.0 Å². The average Bonchev–Trinajstić information content (AvgIpc) is 3.66. The Morgan fingerprint density at radius 2 is 2.06 bits per heavy atom. The van der Waals surface area contributed by atoms with Gasteiger partial charge in [0.25, 0.3) is 5.91 Å². The van der Waals surface area contributed by atoms with Gasteiger partial charge in [0.15, 0.2) is 0 Å². The van der Waals surface area contributed by atoms with Crippen LogP contribution in [0.4, 0.5) is 4.39 Å². The van der Waals surface area contributed by atoms with Gasteiger partial charge in [-0.2, -0.15) is 0 Å². The number of hydrogen-bond donors (Lipinski definition) is 1. The number of nitrogens with zero attached hydrogens (tertiary/aromatic N) is 3. The average molecular weight is 456 g/mol. The Hall–Kier alpha value is -3.00. The van der Waals surface area contributed by atoms with E-state index in [4.69, 9.17) is 4.74 Å². The Morgan fingerprint density at radius 3 is 2.73 bits per heavy atom. The zero-order valence-corrected chi connectivity index (χ0v) is 19.2. The number of hydrogen-bond acceptors (Lipinski definition) is 5. The van der Waals surface area contributed by atoms with Crippen molar-refractivity contribution >= 4 is 11.8 Å². The zero-order chi connectivity index (χ0) is 23.7. The summed E-state index contributed by atoms with van der Waals surface area (Å²) in [7, 11) is 1.77. The third-order valence-corrected chi connectivity index (χ3v) is 6.46. The van der Waals surface area contributed by atoms with E-state index >= 15 is 0 Å². The molecule has 33 heavy (non-hydrogen) atoms. The van der Waals surface area contributed by atoms with Crippen molar-refractivity contribution < 1.29 is 23.8 Å². The normalized spacial score (nSPS) is 21.5. The maximum Gasteiger partial charge on any atom is 0.259 e. The molecule has 0 unspecified atom stereocenters. The molecule has 3 atom stereocenters. The summed E-state index contributed by atoms with van der Waals surface area (Å²) < 4.78 is 20.6. The fourth-order valence-corrected chi connectivity index (χ4v) is 4.16. The number of carbonyl (C=O) groups is 2. The van der Waals surface area contributed by atoms with E-state index in [1.54, 1.807) is 48.0 Å². The molecular formula is C25H30FN3O4. The van der Waals surface area contributed by atoms with Gasteiger partial charge >= 0.3 is 0 Å². The SMILES string of the molecule is C[C@H](CO)N1C[C@H](C)[C@@H](CN(C)C(=O)C2CC2)Oc2ncc(-c3ccccc3F)cc2C1=O. The number of fused-ring (bicyclic) bond motifs is 1. The van der Waals surface area contributed by atoms with Crippen LogP contribution in [0.3, 0.4) is 0 Å². The van der Waals surface area contributed by atoms with Crippen LogP contribution >= 0.6 is 0 Å². The highest BCUT2D eigenvalue weighted by Crippen LogP contribution is 2.33. The van der Waals surface area contributed by atoms with Crippen LogP contribution in [0.2, 0.25) is 0 Å². The molecule has 0 bridgehead atoms. The molecule has 0 saturated heterocycles. The predicted molar refractivity (Wildman–Crippen MR) is 121 cm³/mol. The van der Waals surface area contributed by atoms with Crippen LogP contribution in [0.1, 0.15) is 37.0 Å². The second kappa shape index (κ2) is 9.47. The van der Waals surface area contributed by atoms with Crippen LogP contribution in [-0.4, -0.2) is 70.6 Å². The number of aliphatic hydroxyl groups is 1. The third-order valence-electron chi connectivity index (χ3n) is 6.46. The molecule has 1 aliphatic heterocycles. The van der Waals surface area contributed by atoms with Crippen molar-refractivity contribution in [1.82, 2.24) is 14.8 Å². The molecule has 0 spiro atoms. The van der Waals surface area contributed by atoms with Gasteiger partial charge in [-0.15, -0.1) is 0 Å². The van der Waals surface area contributed by atoms with Crippen LogP contribution in [0.15, 0.2) is 36.5 Å². The first-order valence-corrected chi connectivity index (χ1v) is 11.4. The lowest BCUT2D eigenvalue weighted by molar-refractivity contribution is -0.132. The summed E-state index contributed by atoms with van der Waals surface area (Å²) in [6.45, 7) is 4.25. The third kappa shape index (κ3) is 4.85. The number of carbonyl (C=O) groups excluding carboxylic acids is 2. The summed E-state index contributed by atoms with van der Waals surface area (Å²) in [5.41, 5.74) is 1.01. The van der Waals surface area contributed by atoms with Gasteiger partial charge in [0, 0.05) is 42.8 Å². The number of benzene rings is 1. The minimum Gasteiger partial charge on any atom is -0.472 e. The fraction of sp³-hybridized carbons (Fsp3) is 0.480. The van der Waals surface area contributed by atoms with Crippen molar-refractivity contribution in [2.45, 2.75) is 38.8 Å². The smallest absolute Gasteiger partial charge is 0.259 e. The van der Waals surface area contributed by atoms with Gasteiger partial charge in [0.05, 0.1) is 19.2 Å². The highest BCUT2D eigenvalue weighted by molar-refractivity contribution is 5.98. The predicted octanol–water partition coefficient (Wildman–Crippen LogP) is 2.98. The minimum atomic E-state index is -0.422. The monoisotopic (exact) mass is 455 g/mol. The number of pyridine rings is 1. The Morgan fingerprint density at radius 1 is 1.33 bits per heavy atom. The molecule has 7 nitrogen and oxygen atoms in total. The van der Waals surface area contributed by atoms with E-state index in [-0.39, 0.29) is 41.7 Å². The maximum absolute atomic E-state index is 14.4. The Bertz CT molecular complexity index is 1040. The first-order chi connectivity index (χ1) is 15.8. The van der Waals surface area contributed by atoms with Gasteiger partial charge in [-0.3, -0.25) is 9.59 Å². The summed E-state index contributed by atoms with van der Waals surface area (Å²) in [6, 6.07) is 7.47. The first kappa shape index (κ1) is 23.2. The fourth-order valence-electron chi connectivity index (χ4n) is 4.16. The van der Waals surface area contributed by atoms with Crippen molar-refractivity contribution in [2.75, 3.05) is 26.7 Å². The standard InChI is InChI=1S/C25H30FN3O4/c1-15-12-29(16(2)14-30)25(32)20-10-18(19-6-4-5-7-21(19)26)11-27-23(20)33-22(15)13-28(3)24(31)17-8-9-17/h4-7,10-11,15-17,22,30H,8-9,12-14H2,1-3H3/t15-,16+,22+/m0/s1. The quantitative estimate of drug-likeness (QED) is 0.724. The largest absolute Gasteiger partial charge is 0.472 e. The molecule has 0 radical (unpaired) electrons. The van der Waals surface area contributed by atoms with E-state index in [0.717, 1.165) is 12.8 Å². The molecule has 1 saturated carbocycles. The molecule has 1 aromatic carbocycles. The molecule has 8 heteroatoms. The van der Waals surface area contributed by atoms with Gasteiger partial charge < -0.3 is 19.6 Å². The Labute approximate surface area is 193 Å². The van der Waals surface area contributed by atoms with Crippen molar-refractivity contribution in [1.29, 1.82) is 0 Å². The molecule has 176 valence electrons. The van der Waals surface area contributed by atoms with Gasteiger partial charge in [-0.05, 0) is 31.9 Å². The summed E-state index contributed by atoms with van der Waals surface area (Å²) in [6.07, 6.45) is 2.94. The minimum absolute atomic E-state index is 0.0973. The lowest BCUT2D eigenvalue weighted by atomic mass is 9.99. The van der Waals surface area contributed by atoms with Crippen molar-refractivity contribution in [3.05, 3.63) is 47.9 Å². The van der Waals surface area contributed by atoms with E-state index in [2.05, 4.69) is 4.98 Å². The van der Waals surface area contributed by atoms with Gasteiger partial charge in [0.1, 0.15) is 17.5 Å². The summed E-state index contributed by atoms with van der Waals surface area (Å²) in [5.74, 6) is -0.499. The Balaban J connectivity index is 1.71. The lowest BCUT2D eigenvalue weighted by Gasteiger charge is -2.37. The van der Waals surface area contributed by atoms with E-state index in [9.17, 15) is 19.1 Å². The number of aliphatic hydroxyl groups excluding tert-OH is 1. The van der Waals surface area contributed by atoms with Gasteiger partial charge in [0.2, 0.25) is 11.8 Å². The number of halogens is 1. The summed E-state index contributed by atoms with van der Waals surface area (Å²) in [4.78, 5) is 33.7. The number of ether oxygens (including phenoxy) is 1. The Kier molecular flexibility index (Phi) is 6.65.